The van der Waals surface area contributed by atoms with Crippen molar-refractivity contribution in [3.63, 3.8) is 0 Å². The fourth-order valence-corrected chi connectivity index (χ4v) is 2.07. The molecule has 0 amide bonds. The molecule has 0 spiro atoms. The van der Waals surface area contributed by atoms with Crippen molar-refractivity contribution < 1.29 is 14.6 Å². The van der Waals surface area contributed by atoms with Gasteiger partial charge < -0.3 is 9.84 Å². The van der Waals surface area contributed by atoms with Gasteiger partial charge in [0.1, 0.15) is 5.75 Å². The van der Waals surface area contributed by atoms with Gasteiger partial charge in [-0.15, -0.1) is 0 Å². The summed E-state index contributed by atoms with van der Waals surface area (Å²) in [4.78, 5) is 10.9. The van der Waals surface area contributed by atoms with E-state index in [9.17, 15) is 4.79 Å². The average molecular weight is 270 g/mol. The highest BCUT2D eigenvalue weighted by Gasteiger charge is 2.04. The molecular formula is C17H18O3. The molecule has 0 fully saturated rings. The Kier molecular flexibility index (Phi) is 4.41. The SMILES string of the molecule is Cc1ccc(C)c(CCOc2cccc(C(=O)O)c2)c1. The zero-order valence-corrected chi connectivity index (χ0v) is 11.7. The molecule has 0 bridgehead atoms. The first kappa shape index (κ1) is 14.1. The number of carboxylic acid groups (broad SMARTS) is 1. The largest absolute Gasteiger partial charge is 0.493 e. The molecule has 0 atom stereocenters. The number of benzene rings is 2. The molecule has 0 aromatic heterocycles. The minimum absolute atomic E-state index is 0.245. The summed E-state index contributed by atoms with van der Waals surface area (Å²) in [7, 11) is 0. The number of hydrogen-bond donors (Lipinski definition) is 1. The lowest BCUT2D eigenvalue weighted by Gasteiger charge is -2.09. The number of carboxylic acids is 1. The highest BCUT2D eigenvalue weighted by Crippen LogP contribution is 2.15. The van der Waals surface area contributed by atoms with E-state index in [-0.39, 0.29) is 5.56 Å². The first-order chi connectivity index (χ1) is 9.56. The van der Waals surface area contributed by atoms with Gasteiger partial charge >= 0.3 is 5.97 Å². The van der Waals surface area contributed by atoms with Crippen LogP contribution in [0.3, 0.4) is 0 Å². The maximum atomic E-state index is 10.9. The van der Waals surface area contributed by atoms with E-state index in [1.54, 1.807) is 24.3 Å². The minimum atomic E-state index is -0.940. The summed E-state index contributed by atoms with van der Waals surface area (Å²) in [5.41, 5.74) is 3.99. The van der Waals surface area contributed by atoms with Crippen LogP contribution in [-0.2, 0) is 6.42 Å². The van der Waals surface area contributed by atoms with E-state index in [2.05, 4.69) is 32.0 Å². The Labute approximate surface area is 118 Å². The van der Waals surface area contributed by atoms with Gasteiger partial charge in [0.25, 0.3) is 0 Å². The van der Waals surface area contributed by atoms with Gasteiger partial charge in [-0.3, -0.25) is 0 Å². The fourth-order valence-electron chi connectivity index (χ4n) is 2.07. The summed E-state index contributed by atoms with van der Waals surface area (Å²) in [6, 6.07) is 12.9. The molecule has 0 aliphatic rings. The maximum Gasteiger partial charge on any atom is 0.335 e. The Bertz CT molecular complexity index is 617. The normalized spacial score (nSPS) is 10.3. The van der Waals surface area contributed by atoms with E-state index in [1.807, 2.05) is 0 Å². The smallest absolute Gasteiger partial charge is 0.335 e. The highest BCUT2D eigenvalue weighted by molar-refractivity contribution is 5.87. The average Bonchev–Trinajstić information content (AvgIpc) is 2.43. The summed E-state index contributed by atoms with van der Waals surface area (Å²) in [5.74, 6) is -0.347. The number of ether oxygens (including phenoxy) is 1. The Morgan fingerprint density at radius 2 is 1.95 bits per heavy atom. The van der Waals surface area contributed by atoms with Crippen molar-refractivity contribution in [3.8, 4) is 5.75 Å². The van der Waals surface area contributed by atoms with E-state index >= 15 is 0 Å². The second-order valence-corrected chi connectivity index (χ2v) is 4.86. The number of aryl methyl sites for hydroxylation is 2. The molecule has 3 heteroatoms. The molecule has 20 heavy (non-hydrogen) atoms. The molecular weight excluding hydrogens is 252 g/mol. The first-order valence-electron chi connectivity index (χ1n) is 6.58. The van der Waals surface area contributed by atoms with Crippen LogP contribution in [0.4, 0.5) is 0 Å². The lowest BCUT2D eigenvalue weighted by atomic mass is 10.0. The summed E-state index contributed by atoms with van der Waals surface area (Å²) in [5, 5.41) is 8.92. The van der Waals surface area contributed by atoms with Gasteiger partial charge in [-0.1, -0.05) is 29.8 Å². The summed E-state index contributed by atoms with van der Waals surface area (Å²) >= 11 is 0. The molecule has 104 valence electrons. The van der Waals surface area contributed by atoms with Crippen LogP contribution in [0.2, 0.25) is 0 Å². The molecule has 0 saturated carbocycles. The number of carbonyl (C=O) groups is 1. The molecule has 0 heterocycles. The minimum Gasteiger partial charge on any atom is -0.493 e. The van der Waals surface area contributed by atoms with Gasteiger partial charge in [0.05, 0.1) is 12.2 Å². The Balaban J connectivity index is 1.97. The van der Waals surface area contributed by atoms with Crippen molar-refractivity contribution in [1.82, 2.24) is 0 Å². The van der Waals surface area contributed by atoms with Gasteiger partial charge in [0, 0.05) is 6.42 Å². The third-order valence-electron chi connectivity index (χ3n) is 3.23. The fraction of sp³-hybridized carbons (Fsp3) is 0.235. The second kappa shape index (κ2) is 6.24. The Morgan fingerprint density at radius 3 is 2.70 bits per heavy atom. The predicted octanol–water partition coefficient (Wildman–Crippen LogP) is 3.62. The topological polar surface area (TPSA) is 46.5 Å². The van der Waals surface area contributed by atoms with Crippen molar-refractivity contribution >= 4 is 5.97 Å². The molecule has 3 nitrogen and oxygen atoms in total. The van der Waals surface area contributed by atoms with E-state index in [0.717, 1.165) is 6.42 Å². The van der Waals surface area contributed by atoms with Crippen LogP contribution in [0.15, 0.2) is 42.5 Å². The lowest BCUT2D eigenvalue weighted by molar-refractivity contribution is 0.0696. The Hall–Kier alpha value is -2.29. The van der Waals surface area contributed by atoms with Crippen molar-refractivity contribution in [2.75, 3.05) is 6.61 Å². The standard InChI is InChI=1S/C17H18O3/c1-12-6-7-13(2)14(10-12)8-9-20-16-5-3-4-15(11-16)17(18)19/h3-7,10-11H,8-9H2,1-2H3,(H,18,19). The van der Waals surface area contributed by atoms with E-state index < -0.39 is 5.97 Å². The molecule has 0 aliphatic carbocycles. The summed E-state index contributed by atoms with van der Waals surface area (Å²) in [6.07, 6.45) is 0.810. The summed E-state index contributed by atoms with van der Waals surface area (Å²) in [6.45, 7) is 4.69. The molecule has 1 N–H and O–H groups in total. The van der Waals surface area contributed by atoms with Crippen LogP contribution in [0, 0.1) is 13.8 Å². The lowest BCUT2D eigenvalue weighted by Crippen LogP contribution is -2.04. The zero-order valence-electron chi connectivity index (χ0n) is 11.7. The van der Waals surface area contributed by atoms with Gasteiger partial charge in [-0.25, -0.2) is 4.79 Å². The van der Waals surface area contributed by atoms with Crippen molar-refractivity contribution in [3.05, 3.63) is 64.7 Å². The predicted molar refractivity (Wildman–Crippen MR) is 78.5 cm³/mol. The first-order valence-corrected chi connectivity index (χ1v) is 6.58. The number of rotatable bonds is 5. The molecule has 0 saturated heterocycles. The van der Waals surface area contributed by atoms with Crippen LogP contribution in [-0.4, -0.2) is 17.7 Å². The van der Waals surface area contributed by atoms with Crippen LogP contribution in [0.5, 0.6) is 5.75 Å². The van der Waals surface area contributed by atoms with Crippen molar-refractivity contribution in [2.45, 2.75) is 20.3 Å². The van der Waals surface area contributed by atoms with Crippen LogP contribution in [0.25, 0.3) is 0 Å². The second-order valence-electron chi connectivity index (χ2n) is 4.86. The van der Waals surface area contributed by atoms with Crippen LogP contribution >= 0.6 is 0 Å². The van der Waals surface area contributed by atoms with Gasteiger partial charge in [0.2, 0.25) is 0 Å². The van der Waals surface area contributed by atoms with E-state index in [1.165, 1.54) is 16.7 Å². The summed E-state index contributed by atoms with van der Waals surface area (Å²) < 4.78 is 5.63. The third kappa shape index (κ3) is 3.60. The van der Waals surface area contributed by atoms with Gasteiger partial charge in [-0.2, -0.15) is 0 Å². The van der Waals surface area contributed by atoms with E-state index in [4.69, 9.17) is 9.84 Å². The van der Waals surface area contributed by atoms with Gasteiger partial charge in [-0.05, 0) is 43.2 Å². The molecule has 0 aliphatic heterocycles. The third-order valence-corrected chi connectivity index (χ3v) is 3.23. The maximum absolute atomic E-state index is 10.9. The van der Waals surface area contributed by atoms with Crippen molar-refractivity contribution in [2.24, 2.45) is 0 Å². The van der Waals surface area contributed by atoms with Crippen molar-refractivity contribution in [1.29, 1.82) is 0 Å². The van der Waals surface area contributed by atoms with Gasteiger partial charge in [0.15, 0.2) is 0 Å². The number of aromatic carboxylic acids is 1. The molecule has 2 rings (SSSR count). The number of hydrogen-bond acceptors (Lipinski definition) is 2. The zero-order chi connectivity index (χ0) is 14.5. The molecule has 0 radical (unpaired) electrons. The van der Waals surface area contributed by atoms with E-state index in [0.29, 0.717) is 12.4 Å². The Morgan fingerprint density at radius 1 is 1.15 bits per heavy atom. The molecule has 2 aromatic carbocycles. The molecule has 0 unspecified atom stereocenters. The molecule has 2 aromatic rings. The monoisotopic (exact) mass is 270 g/mol. The highest BCUT2D eigenvalue weighted by atomic mass is 16.5. The van der Waals surface area contributed by atoms with Crippen LogP contribution in [0.1, 0.15) is 27.0 Å². The quantitative estimate of drug-likeness (QED) is 0.902. The van der Waals surface area contributed by atoms with Crippen LogP contribution < -0.4 is 4.74 Å².